The molecule has 2 N–H and O–H groups in total. The second kappa shape index (κ2) is 8.15. The van der Waals surface area contributed by atoms with Gasteiger partial charge in [-0.2, -0.15) is 0 Å². The first kappa shape index (κ1) is 20.1. The van der Waals surface area contributed by atoms with Gasteiger partial charge >= 0.3 is 0 Å². The topological polar surface area (TPSA) is 69.6 Å². The average molecular weight is 380 g/mol. The third kappa shape index (κ3) is 5.20. The molecule has 3 rings (SSSR count). The highest BCUT2D eigenvalue weighted by atomic mass is 16.3. The number of aliphatic hydroxyl groups is 1. The molecule has 2 aromatic rings. The van der Waals surface area contributed by atoms with Crippen LogP contribution in [0.3, 0.4) is 0 Å². The molecule has 0 bridgehead atoms. The molecular weight excluding hydrogens is 352 g/mol. The van der Waals surface area contributed by atoms with E-state index in [1.165, 1.54) is 0 Å². The molecular formula is C23H28N2O3. The SMILES string of the molecule is Cc1ccc(N2CC(NC(=O)c3cccc(CCC(C)(C)O)c3)CC2=O)cc1. The van der Waals surface area contributed by atoms with Crippen molar-refractivity contribution in [2.75, 3.05) is 11.4 Å². The van der Waals surface area contributed by atoms with E-state index in [0.29, 0.717) is 31.4 Å². The Balaban J connectivity index is 1.62. The van der Waals surface area contributed by atoms with Crippen molar-refractivity contribution in [3.05, 3.63) is 65.2 Å². The summed E-state index contributed by atoms with van der Waals surface area (Å²) in [5.41, 5.74) is 2.86. The molecule has 1 heterocycles. The third-order valence-corrected chi connectivity index (χ3v) is 5.02. The molecule has 1 aliphatic heterocycles. The highest BCUT2D eigenvalue weighted by Gasteiger charge is 2.31. The minimum absolute atomic E-state index is 0.0214. The van der Waals surface area contributed by atoms with E-state index in [9.17, 15) is 14.7 Å². The largest absolute Gasteiger partial charge is 0.390 e. The summed E-state index contributed by atoms with van der Waals surface area (Å²) < 4.78 is 0. The zero-order valence-electron chi connectivity index (χ0n) is 16.7. The van der Waals surface area contributed by atoms with Gasteiger partial charge in [0.2, 0.25) is 5.91 Å². The zero-order chi connectivity index (χ0) is 20.3. The molecule has 1 saturated heterocycles. The van der Waals surface area contributed by atoms with E-state index >= 15 is 0 Å². The lowest BCUT2D eigenvalue weighted by atomic mass is 9.98. The van der Waals surface area contributed by atoms with Crippen LogP contribution in [-0.2, 0) is 11.2 Å². The number of hydrogen-bond donors (Lipinski definition) is 2. The maximum atomic E-state index is 12.7. The number of benzene rings is 2. The quantitative estimate of drug-likeness (QED) is 0.808. The van der Waals surface area contributed by atoms with E-state index in [0.717, 1.165) is 16.8 Å². The van der Waals surface area contributed by atoms with Crippen LogP contribution in [0.1, 0.15) is 48.2 Å². The summed E-state index contributed by atoms with van der Waals surface area (Å²) in [4.78, 5) is 26.8. The highest BCUT2D eigenvalue weighted by molar-refractivity contribution is 5.99. The van der Waals surface area contributed by atoms with E-state index in [1.54, 1.807) is 24.8 Å². The van der Waals surface area contributed by atoms with E-state index in [-0.39, 0.29) is 17.9 Å². The number of aryl methyl sites for hydroxylation is 2. The minimum Gasteiger partial charge on any atom is -0.390 e. The van der Waals surface area contributed by atoms with Gasteiger partial charge in [0.1, 0.15) is 0 Å². The molecule has 2 amide bonds. The summed E-state index contributed by atoms with van der Waals surface area (Å²) in [6.07, 6.45) is 1.63. The van der Waals surface area contributed by atoms with Crippen LogP contribution in [0.25, 0.3) is 0 Å². The molecule has 148 valence electrons. The Morgan fingerprint density at radius 2 is 1.93 bits per heavy atom. The van der Waals surface area contributed by atoms with Crippen molar-refractivity contribution in [1.29, 1.82) is 0 Å². The Bertz CT molecular complexity index is 853. The van der Waals surface area contributed by atoms with Gasteiger partial charge in [-0.1, -0.05) is 29.8 Å². The van der Waals surface area contributed by atoms with Gasteiger partial charge in [-0.25, -0.2) is 0 Å². The monoisotopic (exact) mass is 380 g/mol. The van der Waals surface area contributed by atoms with Crippen molar-refractivity contribution >= 4 is 17.5 Å². The molecule has 0 saturated carbocycles. The van der Waals surface area contributed by atoms with Gasteiger partial charge in [0.15, 0.2) is 0 Å². The van der Waals surface area contributed by atoms with Crippen LogP contribution in [0.5, 0.6) is 0 Å². The summed E-state index contributed by atoms with van der Waals surface area (Å²) >= 11 is 0. The van der Waals surface area contributed by atoms with Crippen LogP contribution in [0.15, 0.2) is 48.5 Å². The standard InChI is InChI=1S/C23H28N2O3/c1-16-7-9-20(10-8-16)25-15-19(14-21(25)26)24-22(27)18-6-4-5-17(13-18)11-12-23(2,3)28/h4-10,13,19,28H,11-12,14-15H2,1-3H3,(H,24,27). The normalized spacial score (nSPS) is 17.1. The molecule has 0 aromatic heterocycles. The van der Waals surface area contributed by atoms with Crippen LogP contribution < -0.4 is 10.2 Å². The summed E-state index contributed by atoms with van der Waals surface area (Å²) in [7, 11) is 0. The number of amides is 2. The number of nitrogens with one attached hydrogen (secondary N) is 1. The summed E-state index contributed by atoms with van der Waals surface area (Å²) in [6, 6.07) is 15.1. The minimum atomic E-state index is -0.734. The first-order valence-corrected chi connectivity index (χ1v) is 9.70. The van der Waals surface area contributed by atoms with Crippen molar-refractivity contribution in [3.63, 3.8) is 0 Å². The molecule has 0 radical (unpaired) electrons. The predicted molar refractivity (Wildman–Crippen MR) is 110 cm³/mol. The van der Waals surface area contributed by atoms with Gasteiger partial charge in [0.05, 0.1) is 11.6 Å². The number of hydrogen-bond acceptors (Lipinski definition) is 3. The maximum absolute atomic E-state index is 12.7. The summed E-state index contributed by atoms with van der Waals surface area (Å²) in [6.45, 7) is 6.04. The van der Waals surface area contributed by atoms with Gasteiger partial charge in [-0.15, -0.1) is 0 Å². The molecule has 1 atom stereocenters. The molecule has 5 nitrogen and oxygen atoms in total. The lowest BCUT2D eigenvalue weighted by Gasteiger charge is -2.18. The molecule has 0 spiro atoms. The average Bonchev–Trinajstić information content (AvgIpc) is 3.00. The van der Waals surface area contributed by atoms with Crippen LogP contribution in [0.4, 0.5) is 5.69 Å². The number of carbonyl (C=O) groups excluding carboxylic acids is 2. The van der Waals surface area contributed by atoms with Gasteiger partial charge in [-0.3, -0.25) is 9.59 Å². The van der Waals surface area contributed by atoms with Gasteiger partial charge < -0.3 is 15.3 Å². The Kier molecular flexibility index (Phi) is 5.84. The Labute approximate surface area is 166 Å². The molecule has 1 aliphatic rings. The van der Waals surface area contributed by atoms with Gasteiger partial charge in [0.25, 0.3) is 5.91 Å². The van der Waals surface area contributed by atoms with Gasteiger partial charge in [0, 0.05) is 24.2 Å². The summed E-state index contributed by atoms with van der Waals surface area (Å²) in [5.74, 6) is -0.151. The molecule has 1 unspecified atom stereocenters. The van der Waals surface area contributed by atoms with Crippen LogP contribution >= 0.6 is 0 Å². The number of nitrogens with zero attached hydrogens (tertiary/aromatic N) is 1. The fourth-order valence-corrected chi connectivity index (χ4v) is 3.37. The van der Waals surface area contributed by atoms with E-state index in [2.05, 4.69) is 5.32 Å². The molecule has 2 aromatic carbocycles. The Hall–Kier alpha value is -2.66. The first-order chi connectivity index (χ1) is 13.2. The van der Waals surface area contributed by atoms with E-state index in [4.69, 9.17) is 0 Å². The molecule has 5 heteroatoms. The van der Waals surface area contributed by atoms with Crippen molar-refractivity contribution in [2.45, 2.75) is 51.7 Å². The van der Waals surface area contributed by atoms with Crippen LogP contribution in [-0.4, -0.2) is 35.1 Å². The zero-order valence-corrected chi connectivity index (χ0v) is 16.7. The first-order valence-electron chi connectivity index (χ1n) is 9.70. The predicted octanol–water partition coefficient (Wildman–Crippen LogP) is 3.23. The number of anilines is 1. The lowest BCUT2D eigenvalue weighted by Crippen LogP contribution is -2.37. The van der Waals surface area contributed by atoms with Crippen molar-refractivity contribution in [3.8, 4) is 0 Å². The van der Waals surface area contributed by atoms with Crippen molar-refractivity contribution < 1.29 is 14.7 Å². The maximum Gasteiger partial charge on any atom is 0.251 e. The summed E-state index contributed by atoms with van der Waals surface area (Å²) in [5, 5.41) is 12.9. The van der Waals surface area contributed by atoms with Crippen molar-refractivity contribution in [2.24, 2.45) is 0 Å². The Morgan fingerprint density at radius 1 is 1.21 bits per heavy atom. The second-order valence-corrected chi connectivity index (χ2v) is 8.23. The third-order valence-electron chi connectivity index (χ3n) is 5.02. The van der Waals surface area contributed by atoms with Crippen molar-refractivity contribution in [1.82, 2.24) is 5.32 Å². The van der Waals surface area contributed by atoms with Gasteiger partial charge in [-0.05, 0) is 63.4 Å². The van der Waals surface area contributed by atoms with E-state index < -0.39 is 5.60 Å². The Morgan fingerprint density at radius 3 is 2.61 bits per heavy atom. The molecule has 28 heavy (non-hydrogen) atoms. The second-order valence-electron chi connectivity index (χ2n) is 8.23. The number of carbonyl (C=O) groups is 2. The fraction of sp³-hybridized carbons (Fsp3) is 0.391. The number of rotatable bonds is 6. The molecule has 1 fully saturated rings. The van der Waals surface area contributed by atoms with E-state index in [1.807, 2.05) is 49.4 Å². The smallest absolute Gasteiger partial charge is 0.251 e. The van der Waals surface area contributed by atoms with Crippen LogP contribution in [0.2, 0.25) is 0 Å². The highest BCUT2D eigenvalue weighted by Crippen LogP contribution is 2.22. The fourth-order valence-electron chi connectivity index (χ4n) is 3.37. The van der Waals surface area contributed by atoms with Crippen LogP contribution in [0, 0.1) is 6.92 Å². The lowest BCUT2D eigenvalue weighted by molar-refractivity contribution is -0.117. The molecule has 0 aliphatic carbocycles.